The van der Waals surface area contributed by atoms with E-state index < -0.39 is 0 Å². The van der Waals surface area contributed by atoms with E-state index in [-0.39, 0.29) is 11.8 Å². The van der Waals surface area contributed by atoms with E-state index in [1.165, 1.54) is 6.92 Å². The van der Waals surface area contributed by atoms with Crippen LogP contribution >= 0.6 is 0 Å². The Morgan fingerprint density at radius 2 is 1.93 bits per heavy atom. The lowest BCUT2D eigenvalue weighted by Gasteiger charge is -2.12. The van der Waals surface area contributed by atoms with Crippen LogP contribution in [0.5, 0.6) is 5.75 Å². The number of carbonyl (C=O) groups is 2. The average molecular weight is 404 g/mol. The fraction of sp³-hybridized carbons (Fsp3) is 0.261. The Hall–Kier alpha value is -3.61. The van der Waals surface area contributed by atoms with Gasteiger partial charge in [-0.15, -0.1) is 0 Å². The molecular formula is C23H24N4O3. The van der Waals surface area contributed by atoms with Gasteiger partial charge in [-0.3, -0.25) is 9.59 Å². The van der Waals surface area contributed by atoms with Crippen LogP contribution in [0.1, 0.15) is 30.1 Å². The number of nitrogens with zero attached hydrogens (tertiary/aromatic N) is 1. The predicted molar refractivity (Wildman–Crippen MR) is 117 cm³/mol. The van der Waals surface area contributed by atoms with Crippen molar-refractivity contribution in [3.05, 3.63) is 60.2 Å². The number of rotatable bonds is 8. The number of amides is 2. The van der Waals surface area contributed by atoms with Crippen LogP contribution in [0.2, 0.25) is 0 Å². The van der Waals surface area contributed by atoms with Crippen molar-refractivity contribution in [1.29, 1.82) is 0 Å². The molecule has 1 aliphatic carbocycles. The van der Waals surface area contributed by atoms with Crippen LogP contribution in [0.25, 0.3) is 10.9 Å². The van der Waals surface area contributed by atoms with Gasteiger partial charge in [0.05, 0.1) is 17.6 Å². The molecule has 1 aromatic heterocycles. The Balaban J connectivity index is 1.40. The number of anilines is 2. The molecule has 1 saturated carbocycles. The molecule has 1 fully saturated rings. The number of para-hydroxylation sites is 1. The van der Waals surface area contributed by atoms with E-state index in [0.717, 1.165) is 23.7 Å². The number of carbonyl (C=O) groups excluding carboxylic acids is 2. The first-order valence-corrected chi connectivity index (χ1v) is 10.0. The maximum absolute atomic E-state index is 12.7. The third-order valence-electron chi connectivity index (χ3n) is 4.70. The first-order valence-electron chi connectivity index (χ1n) is 10.0. The van der Waals surface area contributed by atoms with Crippen LogP contribution < -0.4 is 20.7 Å². The number of nitrogens with one attached hydrogen (secondary N) is 3. The number of hydrogen-bond acceptors (Lipinski definition) is 5. The molecule has 3 N–H and O–H groups in total. The SMILES string of the molecule is CC(=O)Nc1cccc(OCCNc2cc(C(=O)NC3CC3)c3ccccc3n2)c1. The number of hydrogen-bond donors (Lipinski definition) is 3. The summed E-state index contributed by atoms with van der Waals surface area (Å²) in [5.41, 5.74) is 2.08. The third kappa shape index (κ3) is 5.05. The Morgan fingerprint density at radius 3 is 2.73 bits per heavy atom. The molecule has 2 amide bonds. The highest BCUT2D eigenvalue weighted by Gasteiger charge is 2.25. The number of benzene rings is 2. The molecule has 3 aromatic rings. The fourth-order valence-electron chi connectivity index (χ4n) is 3.16. The molecular weight excluding hydrogens is 380 g/mol. The number of fused-ring (bicyclic) bond motifs is 1. The highest BCUT2D eigenvalue weighted by Crippen LogP contribution is 2.24. The van der Waals surface area contributed by atoms with Crippen molar-refractivity contribution < 1.29 is 14.3 Å². The highest BCUT2D eigenvalue weighted by atomic mass is 16.5. The highest BCUT2D eigenvalue weighted by molar-refractivity contribution is 6.07. The second-order valence-corrected chi connectivity index (χ2v) is 7.30. The monoisotopic (exact) mass is 404 g/mol. The summed E-state index contributed by atoms with van der Waals surface area (Å²) in [6.45, 7) is 2.38. The average Bonchev–Trinajstić information content (AvgIpc) is 3.54. The van der Waals surface area contributed by atoms with Crippen molar-refractivity contribution in [2.24, 2.45) is 0 Å². The summed E-state index contributed by atoms with van der Waals surface area (Å²) < 4.78 is 5.76. The summed E-state index contributed by atoms with van der Waals surface area (Å²) in [5.74, 6) is 1.10. The normalized spacial score (nSPS) is 13.0. The van der Waals surface area contributed by atoms with Gasteiger partial charge in [0.1, 0.15) is 18.2 Å². The van der Waals surface area contributed by atoms with E-state index in [1.807, 2.05) is 36.4 Å². The summed E-state index contributed by atoms with van der Waals surface area (Å²) in [6, 6.07) is 17.0. The maximum Gasteiger partial charge on any atom is 0.252 e. The zero-order valence-electron chi connectivity index (χ0n) is 16.8. The van der Waals surface area contributed by atoms with Gasteiger partial charge >= 0.3 is 0 Å². The van der Waals surface area contributed by atoms with Gasteiger partial charge in [0, 0.05) is 30.1 Å². The lowest BCUT2D eigenvalue weighted by atomic mass is 10.1. The molecule has 0 spiro atoms. The molecule has 30 heavy (non-hydrogen) atoms. The number of aromatic nitrogens is 1. The van der Waals surface area contributed by atoms with Gasteiger partial charge in [-0.05, 0) is 37.1 Å². The smallest absolute Gasteiger partial charge is 0.252 e. The minimum absolute atomic E-state index is 0.0646. The molecule has 4 rings (SSSR count). The first kappa shape index (κ1) is 19.7. The molecule has 2 aromatic carbocycles. The Bertz CT molecular complexity index is 1080. The largest absolute Gasteiger partial charge is 0.492 e. The molecule has 1 aliphatic rings. The van der Waals surface area contributed by atoms with Crippen LogP contribution in [0.15, 0.2) is 54.6 Å². The van der Waals surface area contributed by atoms with Crippen LogP contribution in [-0.4, -0.2) is 36.0 Å². The number of pyridine rings is 1. The van der Waals surface area contributed by atoms with Gasteiger partial charge in [0.2, 0.25) is 5.91 Å². The van der Waals surface area contributed by atoms with Crippen molar-refractivity contribution in [3.63, 3.8) is 0 Å². The van der Waals surface area contributed by atoms with Crippen molar-refractivity contribution in [1.82, 2.24) is 10.3 Å². The van der Waals surface area contributed by atoms with E-state index in [9.17, 15) is 9.59 Å². The van der Waals surface area contributed by atoms with Crippen molar-refractivity contribution in [2.45, 2.75) is 25.8 Å². The quantitative estimate of drug-likeness (QED) is 0.499. The lowest BCUT2D eigenvalue weighted by molar-refractivity contribution is -0.114. The van der Waals surface area contributed by atoms with Crippen LogP contribution in [-0.2, 0) is 4.79 Å². The van der Waals surface area contributed by atoms with E-state index in [0.29, 0.717) is 42.0 Å². The van der Waals surface area contributed by atoms with E-state index in [2.05, 4.69) is 20.9 Å². The summed E-state index contributed by atoms with van der Waals surface area (Å²) in [7, 11) is 0. The Labute approximate surface area is 174 Å². The molecule has 1 heterocycles. The molecule has 154 valence electrons. The molecule has 0 atom stereocenters. The second kappa shape index (κ2) is 8.82. The molecule has 7 heteroatoms. The van der Waals surface area contributed by atoms with Gasteiger partial charge in [0.25, 0.3) is 5.91 Å². The molecule has 7 nitrogen and oxygen atoms in total. The van der Waals surface area contributed by atoms with E-state index in [1.54, 1.807) is 18.2 Å². The molecule has 0 radical (unpaired) electrons. The molecule has 0 bridgehead atoms. The summed E-state index contributed by atoms with van der Waals surface area (Å²) in [6.07, 6.45) is 2.08. The molecule has 0 unspecified atom stereocenters. The zero-order valence-corrected chi connectivity index (χ0v) is 16.8. The van der Waals surface area contributed by atoms with E-state index >= 15 is 0 Å². The van der Waals surface area contributed by atoms with Gasteiger partial charge in [-0.2, -0.15) is 0 Å². The van der Waals surface area contributed by atoms with Crippen LogP contribution in [0, 0.1) is 0 Å². The van der Waals surface area contributed by atoms with Crippen molar-refractivity contribution >= 4 is 34.2 Å². The second-order valence-electron chi connectivity index (χ2n) is 7.30. The third-order valence-corrected chi connectivity index (χ3v) is 4.70. The van der Waals surface area contributed by atoms with Gasteiger partial charge < -0.3 is 20.7 Å². The van der Waals surface area contributed by atoms with Gasteiger partial charge in [-0.25, -0.2) is 4.98 Å². The summed E-state index contributed by atoms with van der Waals surface area (Å²) in [4.78, 5) is 28.4. The maximum atomic E-state index is 12.7. The predicted octanol–water partition coefficient (Wildman–Crippen LogP) is 3.58. The summed E-state index contributed by atoms with van der Waals surface area (Å²) >= 11 is 0. The van der Waals surface area contributed by atoms with Crippen LogP contribution in [0.3, 0.4) is 0 Å². The lowest BCUT2D eigenvalue weighted by Crippen LogP contribution is -2.26. The molecule has 0 aliphatic heterocycles. The van der Waals surface area contributed by atoms with Gasteiger partial charge in [-0.1, -0.05) is 24.3 Å². The topological polar surface area (TPSA) is 92.4 Å². The number of ether oxygens (including phenoxy) is 1. The van der Waals surface area contributed by atoms with E-state index in [4.69, 9.17) is 4.74 Å². The minimum Gasteiger partial charge on any atom is -0.492 e. The standard InChI is InChI=1S/C23H24N4O3/c1-15(28)25-17-5-4-6-18(13-17)30-12-11-24-22-14-20(23(29)26-16-9-10-16)19-7-2-3-8-21(19)27-22/h2-8,13-14,16H,9-12H2,1H3,(H,24,27)(H,25,28)(H,26,29). The van der Waals surface area contributed by atoms with Crippen molar-refractivity contribution in [3.8, 4) is 5.75 Å². The fourth-order valence-corrected chi connectivity index (χ4v) is 3.16. The Morgan fingerprint density at radius 1 is 1.10 bits per heavy atom. The molecule has 0 saturated heterocycles. The minimum atomic E-state index is -0.127. The zero-order chi connectivity index (χ0) is 20.9. The van der Waals surface area contributed by atoms with Gasteiger partial charge in [0.15, 0.2) is 0 Å². The van der Waals surface area contributed by atoms with Crippen LogP contribution in [0.4, 0.5) is 11.5 Å². The Kier molecular flexibility index (Phi) is 5.79. The van der Waals surface area contributed by atoms with Crippen molar-refractivity contribution in [2.75, 3.05) is 23.8 Å². The first-order chi connectivity index (χ1) is 14.6. The summed E-state index contributed by atoms with van der Waals surface area (Å²) in [5, 5.41) is 9.85.